The third-order valence-corrected chi connectivity index (χ3v) is 3.16. The largest absolute Gasteiger partial charge is 0.376 e. The molecule has 21 heavy (non-hydrogen) atoms. The minimum Gasteiger partial charge on any atom is -0.376 e. The number of amides is 1. The molecule has 0 radical (unpaired) electrons. The maximum absolute atomic E-state index is 11.9. The molecule has 0 bridgehead atoms. The molecule has 0 aromatic carbocycles. The normalized spacial score (nSPS) is 18.1. The highest BCUT2D eigenvalue weighted by molar-refractivity contribution is 5.97. The van der Waals surface area contributed by atoms with Crippen molar-refractivity contribution >= 4 is 11.7 Å². The first kappa shape index (κ1) is 15.0. The summed E-state index contributed by atoms with van der Waals surface area (Å²) in [7, 11) is 0. The highest BCUT2D eigenvalue weighted by Gasteiger charge is 2.17. The summed E-state index contributed by atoms with van der Waals surface area (Å²) in [6, 6.07) is 5.58. The number of carbonyl (C=O) groups is 1. The Labute approximate surface area is 123 Å². The average molecular weight is 286 g/mol. The monoisotopic (exact) mass is 286 g/mol. The molecular weight excluding hydrogens is 268 g/mol. The maximum Gasteiger partial charge on any atom is 0.263 e. The molecule has 1 fully saturated rings. The van der Waals surface area contributed by atoms with Gasteiger partial charge >= 0.3 is 0 Å². The summed E-state index contributed by atoms with van der Waals surface area (Å²) in [6.07, 6.45) is 5.04. The van der Waals surface area contributed by atoms with Crippen LogP contribution in [0, 0.1) is 18.3 Å². The number of aromatic nitrogens is 1. The topological polar surface area (TPSA) is 87.0 Å². The summed E-state index contributed by atoms with van der Waals surface area (Å²) < 4.78 is 5.42. The summed E-state index contributed by atoms with van der Waals surface area (Å²) in [5.41, 5.74) is 1.05. The van der Waals surface area contributed by atoms with Crippen LogP contribution in [0.1, 0.15) is 18.4 Å². The van der Waals surface area contributed by atoms with Crippen LogP contribution in [0.3, 0.4) is 0 Å². The molecule has 2 rings (SSSR count). The van der Waals surface area contributed by atoms with Gasteiger partial charge in [0.25, 0.3) is 5.91 Å². The van der Waals surface area contributed by atoms with Crippen LogP contribution in [0.25, 0.3) is 0 Å². The Balaban J connectivity index is 1.90. The molecule has 1 saturated heterocycles. The number of nitrogens with zero attached hydrogens (tertiary/aromatic N) is 2. The van der Waals surface area contributed by atoms with Gasteiger partial charge in [-0.05, 0) is 37.5 Å². The van der Waals surface area contributed by atoms with Crippen LogP contribution in [0.4, 0.5) is 5.82 Å². The zero-order valence-corrected chi connectivity index (χ0v) is 11.9. The SMILES string of the molecule is Cc1ccnc(N/C=C(/C#N)C(=O)NCC2CCCO2)c1. The Morgan fingerprint density at radius 1 is 1.67 bits per heavy atom. The van der Waals surface area contributed by atoms with Gasteiger partial charge in [0.1, 0.15) is 17.5 Å². The zero-order chi connectivity index (χ0) is 15.1. The molecular formula is C15H18N4O2. The van der Waals surface area contributed by atoms with Crippen molar-refractivity contribution in [3.05, 3.63) is 35.7 Å². The molecule has 1 aromatic rings. The smallest absolute Gasteiger partial charge is 0.263 e. The van der Waals surface area contributed by atoms with Gasteiger partial charge in [-0.25, -0.2) is 4.98 Å². The third-order valence-electron chi connectivity index (χ3n) is 3.16. The standard InChI is InChI=1S/C15H18N4O2/c1-11-4-5-17-14(7-11)18-9-12(8-16)15(20)19-10-13-3-2-6-21-13/h4-5,7,9,13H,2-3,6,10H2,1H3,(H,17,18)(H,19,20)/b12-9-. The predicted octanol–water partition coefficient (Wildman–Crippen LogP) is 1.50. The maximum atomic E-state index is 11.9. The quantitative estimate of drug-likeness (QED) is 0.633. The average Bonchev–Trinajstić information content (AvgIpc) is 2.99. The molecule has 1 amide bonds. The molecule has 1 unspecified atom stereocenters. The van der Waals surface area contributed by atoms with Crippen molar-refractivity contribution in [1.29, 1.82) is 5.26 Å². The number of carbonyl (C=O) groups excluding carboxylic acids is 1. The minimum atomic E-state index is -0.409. The van der Waals surface area contributed by atoms with Crippen LogP contribution in [-0.2, 0) is 9.53 Å². The van der Waals surface area contributed by atoms with Gasteiger partial charge in [-0.2, -0.15) is 5.26 Å². The summed E-state index contributed by atoms with van der Waals surface area (Å²) in [5, 5.41) is 14.6. The molecule has 2 heterocycles. The fourth-order valence-corrected chi connectivity index (χ4v) is 2.02. The van der Waals surface area contributed by atoms with E-state index in [0.29, 0.717) is 12.4 Å². The van der Waals surface area contributed by atoms with Crippen molar-refractivity contribution in [3.8, 4) is 6.07 Å². The van der Waals surface area contributed by atoms with E-state index < -0.39 is 5.91 Å². The fourth-order valence-electron chi connectivity index (χ4n) is 2.02. The third kappa shape index (κ3) is 4.58. The summed E-state index contributed by atoms with van der Waals surface area (Å²) in [4.78, 5) is 16.0. The highest BCUT2D eigenvalue weighted by Crippen LogP contribution is 2.11. The molecule has 0 spiro atoms. The molecule has 6 nitrogen and oxygen atoms in total. The van der Waals surface area contributed by atoms with E-state index in [4.69, 9.17) is 10.00 Å². The van der Waals surface area contributed by atoms with E-state index in [9.17, 15) is 4.79 Å². The Bertz CT molecular complexity index is 571. The Morgan fingerprint density at radius 3 is 3.19 bits per heavy atom. The highest BCUT2D eigenvalue weighted by atomic mass is 16.5. The molecule has 1 aliphatic rings. The van der Waals surface area contributed by atoms with Gasteiger partial charge in [-0.3, -0.25) is 4.79 Å². The van der Waals surface area contributed by atoms with Gasteiger partial charge in [0.15, 0.2) is 0 Å². The van der Waals surface area contributed by atoms with E-state index in [1.165, 1.54) is 6.20 Å². The zero-order valence-electron chi connectivity index (χ0n) is 11.9. The fraction of sp³-hybridized carbons (Fsp3) is 0.400. The van der Waals surface area contributed by atoms with Crippen LogP contribution in [-0.4, -0.2) is 30.1 Å². The number of anilines is 1. The predicted molar refractivity (Wildman–Crippen MR) is 78.3 cm³/mol. The summed E-state index contributed by atoms with van der Waals surface area (Å²) in [6.45, 7) is 3.11. The summed E-state index contributed by atoms with van der Waals surface area (Å²) in [5.74, 6) is 0.183. The van der Waals surface area contributed by atoms with E-state index in [1.54, 1.807) is 6.20 Å². The van der Waals surface area contributed by atoms with Crippen molar-refractivity contribution in [3.63, 3.8) is 0 Å². The number of nitrogens with one attached hydrogen (secondary N) is 2. The molecule has 6 heteroatoms. The first-order chi connectivity index (χ1) is 10.2. The van der Waals surface area contributed by atoms with Gasteiger partial charge < -0.3 is 15.4 Å². The lowest BCUT2D eigenvalue weighted by molar-refractivity contribution is -0.117. The number of aryl methyl sites for hydroxylation is 1. The Hall–Kier alpha value is -2.39. The minimum absolute atomic E-state index is 0.0105. The molecule has 0 saturated carbocycles. The number of hydrogen-bond acceptors (Lipinski definition) is 5. The van der Waals surface area contributed by atoms with E-state index in [-0.39, 0.29) is 11.7 Å². The van der Waals surface area contributed by atoms with E-state index in [2.05, 4.69) is 15.6 Å². The van der Waals surface area contributed by atoms with Crippen molar-refractivity contribution in [2.45, 2.75) is 25.9 Å². The number of hydrogen-bond donors (Lipinski definition) is 2. The number of pyridine rings is 1. The van der Waals surface area contributed by atoms with Crippen molar-refractivity contribution in [2.24, 2.45) is 0 Å². The van der Waals surface area contributed by atoms with Crippen LogP contribution < -0.4 is 10.6 Å². The van der Waals surface area contributed by atoms with E-state index in [0.717, 1.165) is 25.0 Å². The lowest BCUT2D eigenvalue weighted by atomic mass is 10.2. The van der Waals surface area contributed by atoms with E-state index in [1.807, 2.05) is 25.1 Å². The van der Waals surface area contributed by atoms with Gasteiger partial charge in [-0.1, -0.05) is 0 Å². The second-order valence-corrected chi connectivity index (χ2v) is 4.88. The van der Waals surface area contributed by atoms with Crippen molar-refractivity contribution < 1.29 is 9.53 Å². The molecule has 1 aliphatic heterocycles. The lowest BCUT2D eigenvalue weighted by Gasteiger charge is -2.10. The second kappa shape index (κ2) is 7.41. The molecule has 1 aromatic heterocycles. The van der Waals surface area contributed by atoms with Gasteiger partial charge in [-0.15, -0.1) is 0 Å². The van der Waals surface area contributed by atoms with Crippen LogP contribution in [0.15, 0.2) is 30.1 Å². The van der Waals surface area contributed by atoms with Gasteiger partial charge in [0.05, 0.1) is 6.10 Å². The molecule has 0 aliphatic carbocycles. The molecule has 110 valence electrons. The first-order valence-electron chi connectivity index (χ1n) is 6.88. The number of ether oxygens (including phenoxy) is 1. The molecule has 1 atom stereocenters. The number of rotatable bonds is 5. The Morgan fingerprint density at radius 2 is 2.52 bits per heavy atom. The summed E-state index contributed by atoms with van der Waals surface area (Å²) >= 11 is 0. The lowest BCUT2D eigenvalue weighted by Crippen LogP contribution is -2.32. The van der Waals surface area contributed by atoms with E-state index >= 15 is 0 Å². The Kier molecular flexibility index (Phi) is 5.29. The van der Waals surface area contributed by atoms with Crippen LogP contribution in [0.5, 0.6) is 0 Å². The van der Waals surface area contributed by atoms with Gasteiger partial charge in [0, 0.05) is 25.5 Å². The first-order valence-corrected chi connectivity index (χ1v) is 6.88. The van der Waals surface area contributed by atoms with Crippen molar-refractivity contribution in [1.82, 2.24) is 10.3 Å². The van der Waals surface area contributed by atoms with Crippen LogP contribution in [0.2, 0.25) is 0 Å². The van der Waals surface area contributed by atoms with Crippen molar-refractivity contribution in [2.75, 3.05) is 18.5 Å². The number of nitriles is 1. The second-order valence-electron chi connectivity index (χ2n) is 4.88. The van der Waals surface area contributed by atoms with Gasteiger partial charge in [0.2, 0.25) is 0 Å². The van der Waals surface area contributed by atoms with Crippen LogP contribution >= 0.6 is 0 Å². The molecule has 2 N–H and O–H groups in total.